The second-order valence-electron chi connectivity index (χ2n) is 9.03. The van der Waals surface area contributed by atoms with Crippen molar-refractivity contribution in [2.45, 2.75) is 31.3 Å². The number of amides is 3. The van der Waals surface area contributed by atoms with Gasteiger partial charge in [-0.3, -0.25) is 29.4 Å². The van der Waals surface area contributed by atoms with E-state index in [4.69, 9.17) is 11.6 Å². The highest BCUT2D eigenvalue weighted by molar-refractivity contribution is 6.35. The second kappa shape index (κ2) is 6.61. The van der Waals surface area contributed by atoms with E-state index in [2.05, 4.69) is 5.32 Å². The minimum Gasteiger partial charge on any atom is -0.323 e. The summed E-state index contributed by atoms with van der Waals surface area (Å²) in [5, 5.41) is 14.6. The van der Waals surface area contributed by atoms with E-state index in [1.54, 1.807) is 25.1 Å². The largest absolute Gasteiger partial charge is 0.323 e. The van der Waals surface area contributed by atoms with E-state index >= 15 is 0 Å². The van der Waals surface area contributed by atoms with E-state index in [0.717, 1.165) is 11.3 Å². The standard InChI is InChI=1S/C23H19ClN4O5/c1-11-7-8-12(28(32)33)10-16(11)27-20(29)17-15-6-3-9-26(15)23(18(17)21(27)30)13-4-2-5-14(24)19(13)25-22(23)31/h2,4-5,7-8,10,15,17-18H,3,6,9H2,1H3,(H,25,31)/t15-,17+,18-,23-/m0/s1. The summed E-state index contributed by atoms with van der Waals surface area (Å²) in [4.78, 5) is 55.2. The Morgan fingerprint density at radius 3 is 2.73 bits per heavy atom. The molecule has 0 radical (unpaired) electrons. The van der Waals surface area contributed by atoms with E-state index in [-0.39, 0.29) is 23.3 Å². The third-order valence-corrected chi connectivity index (χ3v) is 7.94. The first kappa shape index (κ1) is 20.3. The van der Waals surface area contributed by atoms with Gasteiger partial charge in [-0.15, -0.1) is 0 Å². The van der Waals surface area contributed by atoms with E-state index in [1.807, 2.05) is 4.90 Å². The average molecular weight is 467 g/mol. The normalized spacial score (nSPS) is 30.1. The molecule has 33 heavy (non-hydrogen) atoms. The van der Waals surface area contributed by atoms with Crippen molar-refractivity contribution in [3.05, 3.63) is 62.7 Å². The number of nitro benzene ring substituents is 1. The summed E-state index contributed by atoms with van der Waals surface area (Å²) in [6.45, 7) is 2.29. The highest BCUT2D eigenvalue weighted by Crippen LogP contribution is 2.61. The van der Waals surface area contributed by atoms with Crippen LogP contribution in [-0.4, -0.2) is 40.1 Å². The molecule has 4 aliphatic heterocycles. The molecule has 4 aliphatic rings. The van der Waals surface area contributed by atoms with E-state index < -0.39 is 34.1 Å². The van der Waals surface area contributed by atoms with Crippen molar-refractivity contribution < 1.29 is 19.3 Å². The molecule has 3 amide bonds. The monoisotopic (exact) mass is 466 g/mol. The highest BCUT2D eigenvalue weighted by atomic mass is 35.5. The molecule has 168 valence electrons. The summed E-state index contributed by atoms with van der Waals surface area (Å²) in [6.07, 6.45) is 1.49. The third-order valence-electron chi connectivity index (χ3n) is 7.62. The Balaban J connectivity index is 1.56. The molecule has 1 spiro atoms. The number of hydrogen-bond donors (Lipinski definition) is 1. The van der Waals surface area contributed by atoms with Crippen LogP contribution < -0.4 is 10.2 Å². The first-order valence-corrected chi connectivity index (χ1v) is 11.2. The number of nitro groups is 1. The van der Waals surface area contributed by atoms with Crippen LogP contribution in [0.5, 0.6) is 0 Å². The van der Waals surface area contributed by atoms with Crippen molar-refractivity contribution >= 4 is 46.4 Å². The first-order valence-electron chi connectivity index (χ1n) is 10.8. The maximum absolute atomic E-state index is 14.0. The van der Waals surface area contributed by atoms with Gasteiger partial charge in [-0.25, -0.2) is 4.90 Å². The first-order chi connectivity index (χ1) is 15.8. The maximum Gasteiger partial charge on any atom is 0.271 e. The number of hydrogen-bond acceptors (Lipinski definition) is 6. The predicted octanol–water partition coefficient (Wildman–Crippen LogP) is 2.99. The van der Waals surface area contributed by atoms with Crippen LogP contribution in [0.15, 0.2) is 36.4 Å². The summed E-state index contributed by atoms with van der Waals surface area (Å²) in [5.41, 5.74) is 0.305. The number of rotatable bonds is 2. The van der Waals surface area contributed by atoms with E-state index in [1.165, 1.54) is 18.2 Å². The van der Waals surface area contributed by atoms with Crippen LogP contribution in [0.25, 0.3) is 0 Å². The van der Waals surface area contributed by atoms with Crippen LogP contribution in [0.4, 0.5) is 17.1 Å². The molecular formula is C23H19ClN4O5. The molecule has 6 rings (SSSR count). The van der Waals surface area contributed by atoms with Crippen molar-refractivity contribution in [3.8, 4) is 0 Å². The minimum atomic E-state index is -1.33. The molecule has 0 aromatic heterocycles. The number of nitrogens with zero attached hydrogens (tertiary/aromatic N) is 3. The minimum absolute atomic E-state index is 0.193. The number of non-ortho nitro benzene ring substituents is 1. The van der Waals surface area contributed by atoms with Gasteiger partial charge in [0, 0.05) is 23.7 Å². The van der Waals surface area contributed by atoms with Gasteiger partial charge in [-0.05, 0) is 37.9 Å². The zero-order valence-corrected chi connectivity index (χ0v) is 18.3. The second-order valence-corrected chi connectivity index (χ2v) is 9.44. The van der Waals surface area contributed by atoms with E-state index in [9.17, 15) is 24.5 Å². The molecule has 0 saturated carbocycles. The molecule has 3 saturated heterocycles. The van der Waals surface area contributed by atoms with Crippen molar-refractivity contribution in [3.63, 3.8) is 0 Å². The summed E-state index contributed by atoms with van der Waals surface area (Å²) in [5.74, 6) is -2.93. The quantitative estimate of drug-likeness (QED) is 0.413. The Kier molecular flexibility index (Phi) is 4.07. The fraction of sp³-hybridized carbons (Fsp3) is 0.348. The molecule has 3 fully saturated rings. The van der Waals surface area contributed by atoms with Crippen LogP contribution >= 0.6 is 11.6 Å². The molecule has 10 heteroatoms. The molecule has 2 aromatic carbocycles. The zero-order chi connectivity index (χ0) is 23.2. The van der Waals surface area contributed by atoms with Crippen LogP contribution in [0.2, 0.25) is 5.02 Å². The Labute approximate surface area is 193 Å². The SMILES string of the molecule is Cc1ccc([N+](=O)[O-])cc1N1C(=O)[C@H]2[C@@H](C1=O)[C@@]1(C(=O)Nc3c(Cl)cccc31)N1CCC[C@@H]21. The lowest BCUT2D eigenvalue weighted by molar-refractivity contribution is -0.384. The number of carbonyl (C=O) groups excluding carboxylic acids is 3. The van der Waals surface area contributed by atoms with Crippen LogP contribution in [0.3, 0.4) is 0 Å². The van der Waals surface area contributed by atoms with Crippen LogP contribution in [0, 0.1) is 28.9 Å². The Morgan fingerprint density at radius 2 is 1.97 bits per heavy atom. The molecule has 0 unspecified atom stereocenters. The number of carbonyl (C=O) groups is 3. The number of halogens is 1. The van der Waals surface area contributed by atoms with Crippen LogP contribution in [0.1, 0.15) is 24.0 Å². The molecular weight excluding hydrogens is 448 g/mol. The van der Waals surface area contributed by atoms with Crippen molar-refractivity contribution in [2.24, 2.45) is 11.8 Å². The lowest BCUT2D eigenvalue weighted by atomic mass is 9.75. The fourth-order valence-corrected chi connectivity index (χ4v) is 6.61. The van der Waals surface area contributed by atoms with Gasteiger partial charge in [0.1, 0.15) is 5.54 Å². The third kappa shape index (κ3) is 2.33. The average Bonchev–Trinajstić information content (AvgIpc) is 3.48. The summed E-state index contributed by atoms with van der Waals surface area (Å²) >= 11 is 6.38. The number of anilines is 2. The molecule has 4 heterocycles. The van der Waals surface area contributed by atoms with Gasteiger partial charge in [0.15, 0.2) is 0 Å². The summed E-state index contributed by atoms with van der Waals surface area (Å²) in [6, 6.07) is 9.05. The van der Waals surface area contributed by atoms with Gasteiger partial charge in [-0.1, -0.05) is 29.8 Å². The van der Waals surface area contributed by atoms with Gasteiger partial charge >= 0.3 is 0 Å². The van der Waals surface area contributed by atoms with Gasteiger partial charge in [0.05, 0.1) is 33.2 Å². The zero-order valence-electron chi connectivity index (χ0n) is 17.6. The number of aryl methyl sites for hydroxylation is 1. The molecule has 0 bridgehead atoms. The lowest BCUT2D eigenvalue weighted by Gasteiger charge is -2.36. The van der Waals surface area contributed by atoms with Gasteiger partial charge < -0.3 is 5.32 Å². The number of para-hydroxylation sites is 1. The number of imide groups is 1. The van der Waals surface area contributed by atoms with Crippen LogP contribution in [-0.2, 0) is 19.9 Å². The maximum atomic E-state index is 14.0. The number of nitrogens with one attached hydrogen (secondary N) is 1. The number of benzene rings is 2. The highest BCUT2D eigenvalue weighted by Gasteiger charge is 2.74. The molecule has 0 aliphatic carbocycles. The molecule has 4 atom stereocenters. The molecule has 1 N–H and O–H groups in total. The Bertz CT molecular complexity index is 1300. The Hall–Kier alpha value is -3.30. The van der Waals surface area contributed by atoms with Gasteiger partial charge in [0.2, 0.25) is 11.8 Å². The van der Waals surface area contributed by atoms with Crippen molar-refractivity contribution in [1.82, 2.24) is 4.90 Å². The van der Waals surface area contributed by atoms with Gasteiger partial charge in [0.25, 0.3) is 11.6 Å². The summed E-state index contributed by atoms with van der Waals surface area (Å²) < 4.78 is 0. The van der Waals surface area contributed by atoms with Crippen molar-refractivity contribution in [1.29, 1.82) is 0 Å². The lowest BCUT2D eigenvalue weighted by Crippen LogP contribution is -2.54. The van der Waals surface area contributed by atoms with E-state index in [0.29, 0.717) is 34.8 Å². The fourth-order valence-electron chi connectivity index (χ4n) is 6.38. The Morgan fingerprint density at radius 1 is 1.18 bits per heavy atom. The molecule has 2 aromatic rings. The topological polar surface area (TPSA) is 113 Å². The summed E-state index contributed by atoms with van der Waals surface area (Å²) in [7, 11) is 0. The number of fused-ring (bicyclic) bond motifs is 7. The predicted molar refractivity (Wildman–Crippen MR) is 119 cm³/mol. The smallest absolute Gasteiger partial charge is 0.271 e. The van der Waals surface area contributed by atoms with Gasteiger partial charge in [-0.2, -0.15) is 0 Å². The molecule has 9 nitrogen and oxygen atoms in total. The van der Waals surface area contributed by atoms with Crippen molar-refractivity contribution in [2.75, 3.05) is 16.8 Å².